The van der Waals surface area contributed by atoms with Crippen LogP contribution in [0.15, 0.2) is 0 Å². The van der Waals surface area contributed by atoms with Crippen molar-refractivity contribution in [3.63, 3.8) is 0 Å². The molecule has 0 N–H and O–H groups in total. The molecule has 0 atom stereocenters. The van der Waals surface area contributed by atoms with Crippen LogP contribution in [0.25, 0.3) is 0 Å². The van der Waals surface area contributed by atoms with Gasteiger partial charge < -0.3 is 9.59 Å². The molecule has 1 fully saturated rings. The van der Waals surface area contributed by atoms with E-state index in [9.17, 15) is 9.59 Å². The molecule has 1 saturated heterocycles. The van der Waals surface area contributed by atoms with Gasteiger partial charge in [-0.15, -0.1) is 0 Å². The fourth-order valence-corrected chi connectivity index (χ4v) is 0.676. The molecule has 1 aliphatic heterocycles. The van der Waals surface area contributed by atoms with Crippen LogP contribution in [0.4, 0.5) is 0 Å². The van der Waals surface area contributed by atoms with E-state index >= 15 is 0 Å². The van der Waals surface area contributed by atoms with Gasteiger partial charge in [-0.05, 0) is 0 Å². The second-order valence-corrected chi connectivity index (χ2v) is 1.75. The molecule has 36 valence electrons. The second kappa shape index (κ2) is 1.48. The van der Waals surface area contributed by atoms with E-state index in [1.165, 1.54) is 0 Å². The maximum Gasteiger partial charge on any atom is 0.285 e. The summed E-state index contributed by atoms with van der Waals surface area (Å²) in [5.74, 6) is 0. The van der Waals surface area contributed by atoms with Gasteiger partial charge in [0.2, 0.25) is 0 Å². The second-order valence-electron chi connectivity index (χ2n) is 1.75. The van der Waals surface area contributed by atoms with E-state index in [-0.39, 0.29) is 18.6 Å². The normalized spacial score (nSPS) is 20.0. The van der Waals surface area contributed by atoms with Crippen molar-refractivity contribution in [2.24, 2.45) is 0 Å². The number of hydrogen-bond donors (Lipinski definition) is 0. The lowest BCUT2D eigenvalue weighted by Gasteiger charge is -1.69. The Labute approximate surface area is 42.1 Å². The highest BCUT2D eigenvalue weighted by Crippen LogP contribution is 1.99. The van der Waals surface area contributed by atoms with E-state index in [4.69, 9.17) is 0 Å². The van der Waals surface area contributed by atoms with E-state index in [1.807, 2.05) is 0 Å². The Balaban J connectivity index is 2.55. The standard InChI is InChI=1S/C4H5BO2/c6-3-1-2-4(7)5-3/h5H,1-2H2. The maximum absolute atomic E-state index is 10.2. The first-order valence-electron chi connectivity index (χ1n) is 2.32. The Morgan fingerprint density at radius 1 is 1.14 bits per heavy atom. The van der Waals surface area contributed by atoms with Crippen LogP contribution in [0.2, 0.25) is 0 Å². The average molecular weight is 95.9 g/mol. The first-order valence-corrected chi connectivity index (χ1v) is 2.32. The van der Waals surface area contributed by atoms with Gasteiger partial charge in [0.1, 0.15) is 0 Å². The molecule has 0 bridgehead atoms. The molecule has 0 aromatic heterocycles. The summed E-state index contributed by atoms with van der Waals surface area (Å²) >= 11 is 0. The minimum absolute atomic E-state index is 0.102. The molecule has 1 aliphatic rings. The zero-order valence-corrected chi connectivity index (χ0v) is 3.94. The van der Waals surface area contributed by atoms with Crippen LogP contribution in [0.1, 0.15) is 12.8 Å². The van der Waals surface area contributed by atoms with Crippen molar-refractivity contribution >= 4 is 18.6 Å². The van der Waals surface area contributed by atoms with Crippen molar-refractivity contribution in [2.45, 2.75) is 12.8 Å². The van der Waals surface area contributed by atoms with E-state index in [0.29, 0.717) is 12.8 Å². The van der Waals surface area contributed by atoms with Gasteiger partial charge in [0.25, 0.3) is 7.28 Å². The van der Waals surface area contributed by atoms with Crippen LogP contribution in [0.3, 0.4) is 0 Å². The van der Waals surface area contributed by atoms with Crippen molar-refractivity contribution < 1.29 is 9.59 Å². The summed E-state index contributed by atoms with van der Waals surface area (Å²) in [6.07, 6.45) is 0.970. The average Bonchev–Trinajstić information content (AvgIpc) is 1.87. The molecule has 1 rings (SSSR count). The molecule has 0 aromatic carbocycles. The monoisotopic (exact) mass is 96.0 g/mol. The van der Waals surface area contributed by atoms with Gasteiger partial charge in [-0.25, -0.2) is 0 Å². The summed E-state index contributed by atoms with van der Waals surface area (Å²) in [7, 11) is 0.194. The fourth-order valence-electron chi connectivity index (χ4n) is 0.676. The van der Waals surface area contributed by atoms with E-state index < -0.39 is 0 Å². The topological polar surface area (TPSA) is 34.1 Å². The molecule has 7 heavy (non-hydrogen) atoms. The predicted octanol–water partition coefficient (Wildman–Crippen LogP) is -0.730. The number of rotatable bonds is 0. The SMILES string of the molecule is O=C1BC(=O)CC1. The Morgan fingerprint density at radius 2 is 1.57 bits per heavy atom. The molecule has 2 nitrogen and oxygen atoms in total. The Kier molecular flexibility index (Phi) is 0.967. The Hall–Kier alpha value is -0.595. The van der Waals surface area contributed by atoms with Crippen LogP contribution >= 0.6 is 0 Å². The smallest absolute Gasteiger partial charge is 0.285 e. The van der Waals surface area contributed by atoms with Crippen molar-refractivity contribution in [2.75, 3.05) is 0 Å². The lowest BCUT2D eigenvalue weighted by atomic mass is 9.75. The van der Waals surface area contributed by atoms with Crippen molar-refractivity contribution in [3.8, 4) is 0 Å². The summed E-state index contributed by atoms with van der Waals surface area (Å²) in [6, 6.07) is 0. The highest BCUT2D eigenvalue weighted by molar-refractivity contribution is 6.99. The minimum Gasteiger partial charge on any atom is -0.311 e. The van der Waals surface area contributed by atoms with Crippen LogP contribution < -0.4 is 0 Å². The summed E-state index contributed by atoms with van der Waals surface area (Å²) in [5, 5.41) is 0. The van der Waals surface area contributed by atoms with Crippen molar-refractivity contribution in [1.29, 1.82) is 0 Å². The molecular formula is C4H5BO2. The van der Waals surface area contributed by atoms with E-state index in [0.717, 1.165) is 0 Å². The largest absolute Gasteiger partial charge is 0.311 e. The molecule has 3 heteroatoms. The van der Waals surface area contributed by atoms with Gasteiger partial charge in [-0.1, -0.05) is 0 Å². The molecule has 0 spiro atoms. The highest BCUT2D eigenvalue weighted by Gasteiger charge is 2.19. The van der Waals surface area contributed by atoms with Crippen LogP contribution in [0, 0.1) is 0 Å². The van der Waals surface area contributed by atoms with Crippen LogP contribution in [-0.4, -0.2) is 18.6 Å². The zero-order chi connectivity index (χ0) is 5.28. The summed E-state index contributed by atoms with van der Waals surface area (Å²) in [5.41, 5.74) is 0.204. The molecule has 1 heterocycles. The first kappa shape index (κ1) is 4.56. The van der Waals surface area contributed by atoms with Gasteiger partial charge in [0.15, 0.2) is 0 Å². The Bertz CT molecular complexity index is 105. The van der Waals surface area contributed by atoms with Crippen molar-refractivity contribution in [3.05, 3.63) is 0 Å². The third-order valence-corrected chi connectivity index (χ3v) is 1.08. The Morgan fingerprint density at radius 3 is 1.71 bits per heavy atom. The maximum atomic E-state index is 10.2. The number of carbonyl (C=O) groups excluding carboxylic acids is 2. The summed E-state index contributed by atoms with van der Waals surface area (Å²) < 4.78 is 0. The third kappa shape index (κ3) is 0.887. The molecule has 0 aliphatic carbocycles. The summed E-state index contributed by atoms with van der Waals surface area (Å²) in [6.45, 7) is 0. The number of carbonyl (C=O) groups is 2. The fraction of sp³-hybridized carbons (Fsp3) is 0.500. The van der Waals surface area contributed by atoms with Gasteiger partial charge in [-0.2, -0.15) is 0 Å². The quantitative estimate of drug-likeness (QED) is 0.372. The molecule has 0 amide bonds. The van der Waals surface area contributed by atoms with E-state index in [2.05, 4.69) is 0 Å². The van der Waals surface area contributed by atoms with Gasteiger partial charge >= 0.3 is 0 Å². The predicted molar refractivity (Wildman–Crippen MR) is 26.4 cm³/mol. The van der Waals surface area contributed by atoms with Crippen LogP contribution in [0.5, 0.6) is 0 Å². The van der Waals surface area contributed by atoms with Crippen molar-refractivity contribution in [1.82, 2.24) is 0 Å². The minimum atomic E-state index is 0.102. The lowest BCUT2D eigenvalue weighted by molar-refractivity contribution is -0.112. The molecular weight excluding hydrogens is 90.9 g/mol. The van der Waals surface area contributed by atoms with Gasteiger partial charge in [0.05, 0.1) is 11.4 Å². The highest BCUT2D eigenvalue weighted by atomic mass is 16.1. The van der Waals surface area contributed by atoms with Gasteiger partial charge in [0, 0.05) is 12.8 Å². The summed E-state index contributed by atoms with van der Waals surface area (Å²) in [4.78, 5) is 20.5. The zero-order valence-electron chi connectivity index (χ0n) is 3.94. The molecule has 0 saturated carbocycles. The molecule has 0 radical (unpaired) electrons. The lowest BCUT2D eigenvalue weighted by Crippen LogP contribution is -2.05. The number of hydrogen-bond acceptors (Lipinski definition) is 2. The molecule has 0 aromatic rings. The molecule has 0 unspecified atom stereocenters. The third-order valence-electron chi connectivity index (χ3n) is 1.08. The first-order chi connectivity index (χ1) is 3.29. The van der Waals surface area contributed by atoms with Gasteiger partial charge in [-0.3, -0.25) is 0 Å². The van der Waals surface area contributed by atoms with Crippen LogP contribution in [-0.2, 0) is 9.59 Å². The van der Waals surface area contributed by atoms with E-state index in [1.54, 1.807) is 0 Å².